The van der Waals surface area contributed by atoms with Crippen LogP contribution in [0.15, 0.2) is 194 Å². The molecule has 0 aliphatic rings. The van der Waals surface area contributed by atoms with Gasteiger partial charge in [0, 0.05) is 38.5 Å². The first-order valence-electron chi connectivity index (χ1n) is 22.9. The smallest absolute Gasteiger partial charge is 0.148 e. The molecule has 10 aromatic rings. The predicted molar refractivity (Wildman–Crippen MR) is 275 cm³/mol. The molecule has 2 heterocycles. The van der Waals surface area contributed by atoms with Crippen molar-refractivity contribution >= 4 is 11.0 Å². The van der Waals surface area contributed by atoms with E-state index in [1.807, 2.05) is 25.3 Å². The second kappa shape index (κ2) is 19.0. The van der Waals surface area contributed by atoms with Crippen LogP contribution >= 0.6 is 0 Å². The second-order valence-electron chi connectivity index (χ2n) is 18.3. The van der Waals surface area contributed by atoms with Crippen molar-refractivity contribution in [2.45, 2.75) is 52.9 Å². The Kier molecular flexibility index (Phi) is 12.8. The summed E-state index contributed by atoms with van der Waals surface area (Å²) in [5, 5.41) is 12.1. The topological polar surface area (TPSA) is 50.9 Å². The number of benzene rings is 8. The number of aryl methyl sites for hydroxylation is 2. The Balaban J connectivity index is 0.00000562. The molecule has 4 nitrogen and oxygen atoms in total. The quantitative estimate of drug-likeness (QED) is 0.139. The van der Waals surface area contributed by atoms with Crippen LogP contribution in [0.3, 0.4) is 0 Å². The summed E-state index contributed by atoms with van der Waals surface area (Å²) < 4.78 is 2.26. The number of para-hydroxylation sites is 1. The summed E-state index contributed by atoms with van der Waals surface area (Å²) >= 11 is 0. The first-order valence-corrected chi connectivity index (χ1v) is 22.9. The van der Waals surface area contributed by atoms with Crippen molar-refractivity contribution in [2.24, 2.45) is 0 Å². The Hall–Kier alpha value is -7.13. The van der Waals surface area contributed by atoms with E-state index in [1.54, 1.807) is 0 Å². The summed E-state index contributed by atoms with van der Waals surface area (Å²) in [7, 11) is 0. The van der Waals surface area contributed by atoms with E-state index < -0.39 is 0 Å². The molecule has 332 valence electrons. The molecule has 0 aliphatic heterocycles. The fourth-order valence-electron chi connectivity index (χ4n) is 9.09. The van der Waals surface area contributed by atoms with Gasteiger partial charge in [0.05, 0.1) is 22.3 Å². The molecule has 0 radical (unpaired) electrons. The molecule has 1 N–H and O–H groups in total. The molecule has 0 fully saturated rings. The predicted octanol–water partition coefficient (Wildman–Crippen LogP) is 16.2. The van der Waals surface area contributed by atoms with Gasteiger partial charge in [0.1, 0.15) is 11.6 Å². The van der Waals surface area contributed by atoms with E-state index in [0.29, 0.717) is 11.4 Å². The van der Waals surface area contributed by atoms with Gasteiger partial charge in [-0.1, -0.05) is 196 Å². The zero-order valence-corrected chi connectivity index (χ0v) is 40.8. The van der Waals surface area contributed by atoms with Gasteiger partial charge in [0.25, 0.3) is 0 Å². The molecular weight excluding hydrogens is 998 g/mol. The van der Waals surface area contributed by atoms with E-state index in [4.69, 9.17) is 9.97 Å². The second-order valence-corrected chi connectivity index (χ2v) is 18.3. The van der Waals surface area contributed by atoms with Crippen LogP contribution in [0, 0.1) is 13.0 Å². The largest absolute Gasteiger partial charge is 0.507 e. The zero-order valence-electron chi connectivity index (χ0n) is 38.5. The van der Waals surface area contributed by atoms with Crippen molar-refractivity contribution in [3.05, 3.63) is 217 Å². The third kappa shape index (κ3) is 9.07. The molecule has 0 saturated heterocycles. The van der Waals surface area contributed by atoms with Crippen molar-refractivity contribution in [3.63, 3.8) is 0 Å². The van der Waals surface area contributed by atoms with Crippen LogP contribution < -0.4 is 0 Å². The average Bonchev–Trinajstić information content (AvgIpc) is 3.75. The number of hydrogen-bond acceptors (Lipinski definition) is 3. The van der Waals surface area contributed by atoms with Gasteiger partial charge in [-0.15, -0.1) is 23.8 Å². The van der Waals surface area contributed by atoms with E-state index in [1.165, 1.54) is 16.7 Å². The number of rotatable bonds is 10. The summed E-state index contributed by atoms with van der Waals surface area (Å²) in [5.74, 6) is 0.905. The molecule has 10 rings (SSSR count). The van der Waals surface area contributed by atoms with Gasteiger partial charge in [-0.05, 0) is 99.2 Å². The van der Waals surface area contributed by atoms with Crippen LogP contribution in [0.1, 0.15) is 50.8 Å². The SMILES string of the molecule is CCCc1ccc(-n2c(-c3cc(C(C)(C)C)cc(C)c3O)nc3c(-c4[c-]c(-c5cc(-c6ccc(-c7ccccc7)cc6)ccn5)cc(-c5ccccc5)c4)cccc32)c(-c2ccccc2)c1.[Pt]. The van der Waals surface area contributed by atoms with Gasteiger partial charge in [-0.2, -0.15) is 0 Å². The van der Waals surface area contributed by atoms with Crippen LogP contribution in [-0.2, 0) is 32.9 Å². The van der Waals surface area contributed by atoms with Crippen LogP contribution in [-0.4, -0.2) is 19.6 Å². The molecule has 0 amide bonds. The Morgan fingerprint density at radius 1 is 0.552 bits per heavy atom. The standard InChI is InChI=1S/C62H52N3O.Pt/c1-6-17-42-26-31-57(54(35-42)47-22-14-9-15-23-47)65-58-25-16-24-53(59(58)64-61(65)55-40-52(62(3,4)5)34-41(2)60(55)66)50-36-49(44-20-12-8-13-21-44)37-51(38-50)56-39-48(32-33-63-56)46-29-27-45(28-30-46)43-18-10-7-11-19-43;/h7-16,18-37,39-40,66H,6,17H2,1-5H3;/q-1;. The van der Waals surface area contributed by atoms with Crippen LogP contribution in [0.5, 0.6) is 5.75 Å². The summed E-state index contributed by atoms with van der Waals surface area (Å²) in [5.41, 5.74) is 19.0. The number of phenolic OH excluding ortho intramolecular Hbond substituents is 1. The maximum atomic E-state index is 12.1. The maximum absolute atomic E-state index is 12.1. The first-order chi connectivity index (χ1) is 32.1. The Morgan fingerprint density at radius 3 is 1.82 bits per heavy atom. The minimum Gasteiger partial charge on any atom is -0.507 e. The Morgan fingerprint density at radius 2 is 1.16 bits per heavy atom. The van der Waals surface area contributed by atoms with Gasteiger partial charge >= 0.3 is 0 Å². The van der Waals surface area contributed by atoms with Gasteiger partial charge in [-0.25, -0.2) is 4.98 Å². The molecule has 67 heavy (non-hydrogen) atoms. The summed E-state index contributed by atoms with van der Waals surface area (Å²) in [6.45, 7) is 10.8. The van der Waals surface area contributed by atoms with E-state index in [2.05, 4.69) is 214 Å². The maximum Gasteiger partial charge on any atom is 0.148 e. The van der Waals surface area contributed by atoms with Crippen molar-refractivity contribution in [1.82, 2.24) is 14.5 Å². The van der Waals surface area contributed by atoms with Gasteiger partial charge in [0.2, 0.25) is 0 Å². The summed E-state index contributed by atoms with van der Waals surface area (Å²) in [4.78, 5) is 10.6. The molecule has 0 saturated carbocycles. The van der Waals surface area contributed by atoms with Crippen LogP contribution in [0.2, 0.25) is 0 Å². The van der Waals surface area contributed by atoms with Crippen LogP contribution in [0.25, 0.3) is 95.0 Å². The number of pyridine rings is 1. The number of hydrogen-bond donors (Lipinski definition) is 1. The van der Waals surface area contributed by atoms with Crippen molar-refractivity contribution < 1.29 is 26.2 Å². The third-order valence-electron chi connectivity index (χ3n) is 12.6. The molecule has 0 aliphatic carbocycles. The van der Waals surface area contributed by atoms with Crippen LogP contribution in [0.4, 0.5) is 0 Å². The zero-order chi connectivity index (χ0) is 45.4. The molecule has 0 unspecified atom stereocenters. The number of imidazole rings is 1. The van der Waals surface area contributed by atoms with Gasteiger partial charge in [0.15, 0.2) is 0 Å². The molecular formula is C62H52N3OPt-. The molecule has 0 bridgehead atoms. The Labute approximate surface area is 409 Å². The fourth-order valence-corrected chi connectivity index (χ4v) is 9.09. The van der Waals surface area contributed by atoms with Crippen molar-refractivity contribution in [3.8, 4) is 89.7 Å². The number of aromatic nitrogens is 3. The monoisotopic (exact) mass is 1050 g/mol. The number of phenols is 1. The normalized spacial score (nSPS) is 11.4. The number of fused-ring (bicyclic) bond motifs is 1. The van der Waals surface area contributed by atoms with Crippen molar-refractivity contribution in [2.75, 3.05) is 0 Å². The minimum absolute atomic E-state index is 0. The van der Waals surface area contributed by atoms with E-state index in [0.717, 1.165) is 96.5 Å². The summed E-state index contributed by atoms with van der Waals surface area (Å²) in [6, 6.07) is 70.2. The van der Waals surface area contributed by atoms with E-state index >= 15 is 0 Å². The third-order valence-corrected chi connectivity index (χ3v) is 12.6. The molecule has 8 aromatic carbocycles. The minimum atomic E-state index is -0.160. The van der Waals surface area contributed by atoms with Crippen molar-refractivity contribution in [1.29, 1.82) is 0 Å². The van der Waals surface area contributed by atoms with E-state index in [9.17, 15) is 5.11 Å². The Bertz CT molecular complexity index is 3350. The molecule has 2 aromatic heterocycles. The number of nitrogens with zero attached hydrogens (tertiary/aromatic N) is 3. The van der Waals surface area contributed by atoms with E-state index in [-0.39, 0.29) is 32.2 Å². The first kappa shape index (κ1) is 45.0. The molecule has 0 atom stereocenters. The summed E-state index contributed by atoms with van der Waals surface area (Å²) in [6.07, 6.45) is 3.91. The number of aromatic hydroxyl groups is 1. The average molecular weight is 1050 g/mol. The van der Waals surface area contributed by atoms with Gasteiger partial charge in [-0.3, -0.25) is 9.55 Å². The van der Waals surface area contributed by atoms with Gasteiger partial charge < -0.3 is 5.11 Å². The molecule has 0 spiro atoms. The fraction of sp³-hybridized carbons (Fsp3) is 0.129. The molecule has 5 heteroatoms.